The molecule has 0 spiro atoms. The summed E-state index contributed by atoms with van der Waals surface area (Å²) in [4.78, 5) is 22.3. The van der Waals surface area contributed by atoms with Crippen LogP contribution in [0.25, 0.3) is 0 Å². The lowest BCUT2D eigenvalue weighted by Gasteiger charge is -2.34. The Morgan fingerprint density at radius 3 is 2.71 bits per heavy atom. The zero-order chi connectivity index (χ0) is 10.6. The van der Waals surface area contributed by atoms with E-state index in [0.717, 1.165) is 25.7 Å². The number of hydrogen-bond acceptors (Lipinski definition) is 2. The number of carboxylic acids is 1. The third-order valence-electron chi connectivity index (χ3n) is 3.39. The molecule has 0 aromatic heterocycles. The minimum atomic E-state index is -0.795. The molecule has 0 bridgehead atoms. The third kappa shape index (κ3) is 2.34. The van der Waals surface area contributed by atoms with E-state index in [2.05, 4.69) is 0 Å². The Bertz CT molecular complexity index is 235. The number of carbonyl (C=O) groups excluding carboxylic acids is 1. The van der Waals surface area contributed by atoms with Crippen LogP contribution in [0.4, 0.5) is 0 Å². The Morgan fingerprint density at radius 1 is 1.50 bits per heavy atom. The van der Waals surface area contributed by atoms with Crippen LogP contribution >= 0.6 is 0 Å². The van der Waals surface area contributed by atoms with E-state index in [-0.39, 0.29) is 17.6 Å². The first-order chi connectivity index (χ1) is 6.60. The van der Waals surface area contributed by atoms with Gasteiger partial charge in [-0.2, -0.15) is 0 Å². The number of ketones is 1. The molecule has 1 aliphatic rings. The van der Waals surface area contributed by atoms with E-state index in [4.69, 9.17) is 5.11 Å². The first kappa shape index (κ1) is 11.2. The fourth-order valence-corrected chi connectivity index (χ4v) is 2.31. The molecule has 3 heteroatoms. The highest BCUT2D eigenvalue weighted by molar-refractivity contribution is 5.85. The molecule has 1 fully saturated rings. The zero-order valence-corrected chi connectivity index (χ0v) is 8.71. The summed E-state index contributed by atoms with van der Waals surface area (Å²) in [6.07, 6.45) is 5.02. The molecule has 1 N–H and O–H groups in total. The largest absolute Gasteiger partial charge is 0.481 e. The molecule has 3 nitrogen and oxygen atoms in total. The predicted molar refractivity (Wildman–Crippen MR) is 53.1 cm³/mol. The van der Waals surface area contributed by atoms with Gasteiger partial charge in [-0.25, -0.2) is 0 Å². The quantitative estimate of drug-likeness (QED) is 0.754. The lowest BCUT2D eigenvalue weighted by Crippen LogP contribution is -2.34. The van der Waals surface area contributed by atoms with Gasteiger partial charge in [0.1, 0.15) is 5.78 Å². The molecule has 0 aromatic rings. The number of rotatable bonds is 4. The molecule has 1 rings (SSSR count). The molecule has 0 saturated heterocycles. The topological polar surface area (TPSA) is 54.4 Å². The number of Topliss-reactive ketones (excluding diaryl/α,β-unsaturated/α-hetero) is 1. The van der Waals surface area contributed by atoms with Gasteiger partial charge in [-0.15, -0.1) is 0 Å². The molecule has 1 atom stereocenters. The smallest absolute Gasteiger partial charge is 0.303 e. The highest BCUT2D eigenvalue weighted by Gasteiger charge is 2.37. The summed E-state index contributed by atoms with van der Waals surface area (Å²) in [5.41, 5.74) is -0.309. The van der Waals surface area contributed by atoms with Gasteiger partial charge in [0.25, 0.3) is 0 Å². The molecule has 0 aromatic carbocycles. The summed E-state index contributed by atoms with van der Waals surface area (Å²) in [5, 5.41) is 8.63. The lowest BCUT2D eigenvalue weighted by molar-refractivity contribution is -0.139. The molecule has 1 aliphatic carbocycles. The van der Waals surface area contributed by atoms with E-state index in [0.29, 0.717) is 12.8 Å². The van der Waals surface area contributed by atoms with E-state index < -0.39 is 5.97 Å². The molecular weight excluding hydrogens is 180 g/mol. The van der Waals surface area contributed by atoms with E-state index in [1.807, 2.05) is 6.92 Å². The van der Waals surface area contributed by atoms with Crippen molar-refractivity contribution in [2.24, 2.45) is 5.41 Å². The van der Waals surface area contributed by atoms with Crippen LogP contribution in [0.1, 0.15) is 51.9 Å². The van der Waals surface area contributed by atoms with Crippen molar-refractivity contribution in [2.45, 2.75) is 51.9 Å². The summed E-state index contributed by atoms with van der Waals surface area (Å²) in [6, 6.07) is 0. The first-order valence-electron chi connectivity index (χ1n) is 5.36. The summed E-state index contributed by atoms with van der Waals surface area (Å²) >= 11 is 0. The Hall–Kier alpha value is -0.860. The van der Waals surface area contributed by atoms with Crippen molar-refractivity contribution in [1.29, 1.82) is 0 Å². The van der Waals surface area contributed by atoms with Crippen molar-refractivity contribution in [3.05, 3.63) is 0 Å². The molecule has 0 radical (unpaired) electrons. The van der Waals surface area contributed by atoms with Crippen molar-refractivity contribution in [3.63, 3.8) is 0 Å². The number of carbonyl (C=O) groups is 2. The van der Waals surface area contributed by atoms with Gasteiger partial charge in [0.2, 0.25) is 0 Å². The van der Waals surface area contributed by atoms with Gasteiger partial charge in [-0.1, -0.05) is 13.3 Å². The molecule has 0 unspecified atom stereocenters. The Labute approximate surface area is 84.5 Å². The summed E-state index contributed by atoms with van der Waals surface area (Å²) < 4.78 is 0. The first-order valence-corrected chi connectivity index (χ1v) is 5.36. The molecule has 0 amide bonds. The number of hydrogen-bond donors (Lipinski definition) is 1. The minimum absolute atomic E-state index is 0.125. The Kier molecular flexibility index (Phi) is 3.67. The zero-order valence-electron chi connectivity index (χ0n) is 8.71. The van der Waals surface area contributed by atoms with Crippen LogP contribution in [0.3, 0.4) is 0 Å². The van der Waals surface area contributed by atoms with Gasteiger partial charge in [-0.3, -0.25) is 9.59 Å². The van der Waals surface area contributed by atoms with Crippen LogP contribution in [-0.2, 0) is 9.59 Å². The van der Waals surface area contributed by atoms with Crippen molar-refractivity contribution >= 4 is 11.8 Å². The summed E-state index contributed by atoms with van der Waals surface area (Å²) in [5.74, 6) is -0.510. The monoisotopic (exact) mass is 198 g/mol. The van der Waals surface area contributed by atoms with Gasteiger partial charge in [-0.05, 0) is 25.7 Å². The standard InChI is InChI=1S/C11H18O3/c1-2-11(8-6-10(13)14)7-4-3-5-9(11)12/h2-8H2,1H3,(H,13,14)/t11-/m0/s1. The van der Waals surface area contributed by atoms with E-state index in [1.54, 1.807) is 0 Å². The molecule has 0 heterocycles. The second-order valence-corrected chi connectivity index (χ2v) is 4.16. The second kappa shape index (κ2) is 4.58. The van der Waals surface area contributed by atoms with Gasteiger partial charge in [0.05, 0.1) is 0 Å². The highest BCUT2D eigenvalue weighted by atomic mass is 16.4. The van der Waals surface area contributed by atoms with Crippen LogP contribution in [0.2, 0.25) is 0 Å². The lowest BCUT2D eigenvalue weighted by atomic mass is 9.68. The second-order valence-electron chi connectivity index (χ2n) is 4.16. The average molecular weight is 198 g/mol. The number of carboxylic acid groups (broad SMARTS) is 1. The van der Waals surface area contributed by atoms with E-state index >= 15 is 0 Å². The van der Waals surface area contributed by atoms with Crippen molar-refractivity contribution in [1.82, 2.24) is 0 Å². The fraction of sp³-hybridized carbons (Fsp3) is 0.818. The Morgan fingerprint density at radius 2 is 2.21 bits per heavy atom. The Balaban J connectivity index is 2.63. The maximum atomic E-state index is 11.8. The van der Waals surface area contributed by atoms with Gasteiger partial charge >= 0.3 is 5.97 Å². The maximum absolute atomic E-state index is 11.8. The number of aliphatic carboxylic acids is 1. The van der Waals surface area contributed by atoms with Crippen molar-refractivity contribution in [2.75, 3.05) is 0 Å². The highest BCUT2D eigenvalue weighted by Crippen LogP contribution is 2.40. The van der Waals surface area contributed by atoms with Gasteiger partial charge < -0.3 is 5.11 Å². The van der Waals surface area contributed by atoms with Crippen LogP contribution < -0.4 is 0 Å². The normalized spacial score (nSPS) is 27.6. The fourth-order valence-electron chi connectivity index (χ4n) is 2.31. The van der Waals surface area contributed by atoms with E-state index in [9.17, 15) is 9.59 Å². The molecular formula is C11H18O3. The maximum Gasteiger partial charge on any atom is 0.303 e. The molecule has 14 heavy (non-hydrogen) atoms. The van der Waals surface area contributed by atoms with Crippen molar-refractivity contribution in [3.8, 4) is 0 Å². The third-order valence-corrected chi connectivity index (χ3v) is 3.39. The van der Waals surface area contributed by atoms with Crippen LogP contribution in [0.5, 0.6) is 0 Å². The molecule has 80 valence electrons. The predicted octanol–water partition coefficient (Wildman–Crippen LogP) is 2.39. The minimum Gasteiger partial charge on any atom is -0.481 e. The van der Waals surface area contributed by atoms with Crippen molar-refractivity contribution < 1.29 is 14.7 Å². The molecule has 0 aliphatic heterocycles. The SMILES string of the molecule is CC[C@@]1(CCC(=O)O)CCCCC1=O. The summed E-state index contributed by atoms with van der Waals surface area (Å²) in [7, 11) is 0. The van der Waals surface area contributed by atoms with Gasteiger partial charge in [0, 0.05) is 18.3 Å². The molecule has 1 saturated carbocycles. The van der Waals surface area contributed by atoms with Crippen LogP contribution in [0, 0.1) is 5.41 Å². The van der Waals surface area contributed by atoms with Crippen LogP contribution in [0.15, 0.2) is 0 Å². The summed E-state index contributed by atoms with van der Waals surface area (Å²) in [6.45, 7) is 1.99. The van der Waals surface area contributed by atoms with Gasteiger partial charge in [0.15, 0.2) is 0 Å². The van der Waals surface area contributed by atoms with E-state index in [1.165, 1.54) is 0 Å². The van der Waals surface area contributed by atoms with Crippen LogP contribution in [-0.4, -0.2) is 16.9 Å². The average Bonchev–Trinajstić information content (AvgIpc) is 2.17.